The highest BCUT2D eigenvalue weighted by atomic mass is 16.6. The van der Waals surface area contributed by atoms with Crippen molar-refractivity contribution in [3.8, 4) is 11.6 Å². The second-order valence-electron chi connectivity index (χ2n) is 4.50. The fraction of sp³-hybridized carbons (Fsp3) is 0.231. The monoisotopic (exact) mass is 289 g/mol. The summed E-state index contributed by atoms with van der Waals surface area (Å²) in [5.74, 6) is 7.17. The summed E-state index contributed by atoms with van der Waals surface area (Å²) in [5, 5.41) is 10.8. The van der Waals surface area contributed by atoms with Gasteiger partial charge in [-0.3, -0.25) is 10.1 Å². The number of nitrogens with two attached hydrogens (primary N) is 1. The molecule has 2 rings (SSSR count). The first kappa shape index (κ1) is 14.7. The smallest absolute Gasteiger partial charge is 0.272 e. The van der Waals surface area contributed by atoms with Gasteiger partial charge in [0.15, 0.2) is 0 Å². The second kappa shape index (κ2) is 5.71. The van der Waals surface area contributed by atoms with E-state index >= 15 is 0 Å². The molecule has 21 heavy (non-hydrogen) atoms. The Hall–Kier alpha value is -2.74. The molecule has 0 unspecified atom stereocenters. The predicted molar refractivity (Wildman–Crippen MR) is 77.2 cm³/mol. The maximum Gasteiger partial charge on any atom is 0.272 e. The molecule has 110 valence electrons. The number of nitrogens with zero attached hydrogens (tertiary/aromatic N) is 3. The van der Waals surface area contributed by atoms with Crippen molar-refractivity contribution in [1.29, 1.82) is 0 Å². The van der Waals surface area contributed by atoms with E-state index in [0.29, 0.717) is 34.4 Å². The molecule has 3 N–H and O–H groups in total. The van der Waals surface area contributed by atoms with Crippen molar-refractivity contribution in [1.82, 2.24) is 9.97 Å². The predicted octanol–water partition coefficient (Wildman–Crippen LogP) is 2.39. The molecule has 0 bridgehead atoms. The molecule has 2 aromatic rings. The minimum Gasteiger partial charge on any atom is -0.439 e. The van der Waals surface area contributed by atoms with E-state index in [2.05, 4.69) is 15.4 Å². The zero-order chi connectivity index (χ0) is 15.6. The Kier molecular flexibility index (Phi) is 3.99. The standard InChI is InChI=1S/C13H15N5O3/c1-7-6-10(4-5-11(7)18(19)20)21-13-8(2)12(17-14)15-9(3)16-13/h4-6H,14H2,1-3H3,(H,15,16,17). The van der Waals surface area contributed by atoms with Crippen LogP contribution < -0.4 is 16.0 Å². The van der Waals surface area contributed by atoms with Crippen molar-refractivity contribution in [2.75, 3.05) is 5.43 Å². The Morgan fingerprint density at radius 3 is 2.57 bits per heavy atom. The van der Waals surface area contributed by atoms with Gasteiger partial charge in [-0.05, 0) is 32.9 Å². The molecular formula is C13H15N5O3. The van der Waals surface area contributed by atoms with Crippen LogP contribution in [0, 0.1) is 30.9 Å². The van der Waals surface area contributed by atoms with Gasteiger partial charge in [0.2, 0.25) is 5.88 Å². The molecule has 1 heterocycles. The van der Waals surface area contributed by atoms with Gasteiger partial charge >= 0.3 is 0 Å². The third kappa shape index (κ3) is 3.06. The normalized spacial score (nSPS) is 10.3. The lowest BCUT2D eigenvalue weighted by molar-refractivity contribution is -0.385. The van der Waals surface area contributed by atoms with Crippen LogP contribution in [0.25, 0.3) is 0 Å². The van der Waals surface area contributed by atoms with Crippen LogP contribution >= 0.6 is 0 Å². The summed E-state index contributed by atoms with van der Waals surface area (Å²) in [7, 11) is 0. The Balaban J connectivity index is 2.37. The van der Waals surface area contributed by atoms with Crippen molar-refractivity contribution < 1.29 is 9.66 Å². The van der Waals surface area contributed by atoms with Gasteiger partial charge in [-0.15, -0.1) is 0 Å². The van der Waals surface area contributed by atoms with Crippen LogP contribution in [-0.4, -0.2) is 14.9 Å². The summed E-state index contributed by atoms with van der Waals surface area (Å²) in [6.07, 6.45) is 0. The van der Waals surface area contributed by atoms with Gasteiger partial charge in [-0.1, -0.05) is 0 Å². The number of hydrogen-bond donors (Lipinski definition) is 2. The maximum absolute atomic E-state index is 10.8. The molecule has 0 aliphatic rings. The summed E-state index contributed by atoms with van der Waals surface area (Å²) in [6, 6.07) is 4.51. The first-order valence-electron chi connectivity index (χ1n) is 6.17. The number of nitrogens with one attached hydrogen (secondary N) is 1. The molecule has 1 aromatic carbocycles. The average Bonchev–Trinajstić information content (AvgIpc) is 2.42. The minimum atomic E-state index is -0.435. The Bertz CT molecular complexity index is 702. The lowest BCUT2D eigenvalue weighted by Crippen LogP contribution is -2.12. The number of aromatic nitrogens is 2. The van der Waals surface area contributed by atoms with E-state index < -0.39 is 4.92 Å². The third-order valence-corrected chi connectivity index (χ3v) is 2.93. The van der Waals surface area contributed by atoms with E-state index in [9.17, 15) is 10.1 Å². The Labute approximate surface area is 121 Å². The van der Waals surface area contributed by atoms with E-state index in [1.807, 2.05) is 0 Å². The number of nitro groups is 1. The third-order valence-electron chi connectivity index (χ3n) is 2.93. The number of benzene rings is 1. The van der Waals surface area contributed by atoms with Crippen LogP contribution in [0.2, 0.25) is 0 Å². The quantitative estimate of drug-likeness (QED) is 0.504. The molecular weight excluding hydrogens is 274 g/mol. The van der Waals surface area contributed by atoms with Gasteiger partial charge in [-0.2, -0.15) is 4.98 Å². The lowest BCUT2D eigenvalue weighted by atomic mass is 10.2. The fourth-order valence-corrected chi connectivity index (χ4v) is 1.85. The first-order chi connectivity index (χ1) is 9.92. The number of hydrazine groups is 1. The van der Waals surface area contributed by atoms with Gasteiger partial charge < -0.3 is 10.2 Å². The van der Waals surface area contributed by atoms with Gasteiger partial charge in [0.25, 0.3) is 5.69 Å². The van der Waals surface area contributed by atoms with E-state index in [-0.39, 0.29) is 5.69 Å². The van der Waals surface area contributed by atoms with Crippen molar-refractivity contribution >= 4 is 11.5 Å². The van der Waals surface area contributed by atoms with Crippen LogP contribution in [0.15, 0.2) is 18.2 Å². The number of ether oxygens (including phenoxy) is 1. The zero-order valence-electron chi connectivity index (χ0n) is 11.9. The molecule has 0 atom stereocenters. The van der Waals surface area contributed by atoms with Gasteiger partial charge in [0.1, 0.15) is 17.4 Å². The van der Waals surface area contributed by atoms with Crippen molar-refractivity contribution in [3.63, 3.8) is 0 Å². The van der Waals surface area contributed by atoms with E-state index in [1.54, 1.807) is 26.8 Å². The molecule has 0 amide bonds. The number of nitrogen functional groups attached to an aromatic ring is 1. The van der Waals surface area contributed by atoms with Crippen LogP contribution in [0.5, 0.6) is 11.6 Å². The summed E-state index contributed by atoms with van der Waals surface area (Å²) >= 11 is 0. The van der Waals surface area contributed by atoms with Crippen LogP contribution in [0.4, 0.5) is 11.5 Å². The largest absolute Gasteiger partial charge is 0.439 e. The first-order valence-corrected chi connectivity index (χ1v) is 6.17. The molecule has 0 spiro atoms. The zero-order valence-corrected chi connectivity index (χ0v) is 11.9. The van der Waals surface area contributed by atoms with E-state index in [0.717, 1.165) is 0 Å². The number of anilines is 1. The van der Waals surface area contributed by atoms with Crippen molar-refractivity contribution in [2.24, 2.45) is 5.84 Å². The highest BCUT2D eigenvalue weighted by molar-refractivity contribution is 5.50. The van der Waals surface area contributed by atoms with Crippen molar-refractivity contribution in [3.05, 3.63) is 45.3 Å². The summed E-state index contributed by atoms with van der Waals surface area (Å²) in [5.41, 5.74) is 3.69. The maximum atomic E-state index is 10.8. The summed E-state index contributed by atoms with van der Waals surface area (Å²) in [4.78, 5) is 18.7. The molecule has 8 heteroatoms. The lowest BCUT2D eigenvalue weighted by Gasteiger charge is -2.11. The van der Waals surface area contributed by atoms with Gasteiger partial charge in [0.05, 0.1) is 10.5 Å². The Morgan fingerprint density at radius 1 is 1.29 bits per heavy atom. The summed E-state index contributed by atoms with van der Waals surface area (Å²) in [6.45, 7) is 5.13. The molecule has 0 saturated carbocycles. The van der Waals surface area contributed by atoms with E-state index in [1.165, 1.54) is 12.1 Å². The number of nitro benzene ring substituents is 1. The fourth-order valence-electron chi connectivity index (χ4n) is 1.85. The molecule has 0 saturated heterocycles. The van der Waals surface area contributed by atoms with Gasteiger partial charge in [0, 0.05) is 11.6 Å². The number of rotatable bonds is 4. The molecule has 0 fully saturated rings. The summed E-state index contributed by atoms with van der Waals surface area (Å²) < 4.78 is 5.68. The minimum absolute atomic E-state index is 0.0438. The number of aryl methyl sites for hydroxylation is 2. The second-order valence-corrected chi connectivity index (χ2v) is 4.50. The number of hydrogen-bond acceptors (Lipinski definition) is 7. The molecule has 8 nitrogen and oxygen atoms in total. The molecule has 0 radical (unpaired) electrons. The van der Waals surface area contributed by atoms with Crippen LogP contribution in [0.3, 0.4) is 0 Å². The topological polar surface area (TPSA) is 116 Å². The van der Waals surface area contributed by atoms with Crippen molar-refractivity contribution in [2.45, 2.75) is 20.8 Å². The average molecular weight is 289 g/mol. The Morgan fingerprint density at radius 2 is 2.00 bits per heavy atom. The van der Waals surface area contributed by atoms with Gasteiger partial charge in [-0.25, -0.2) is 10.8 Å². The van der Waals surface area contributed by atoms with Crippen LogP contribution in [-0.2, 0) is 0 Å². The van der Waals surface area contributed by atoms with E-state index in [4.69, 9.17) is 10.6 Å². The van der Waals surface area contributed by atoms with Crippen LogP contribution in [0.1, 0.15) is 17.0 Å². The SMILES string of the molecule is Cc1nc(NN)c(C)c(Oc2ccc([N+](=O)[O-])c(C)c2)n1. The highest BCUT2D eigenvalue weighted by Crippen LogP contribution is 2.29. The highest BCUT2D eigenvalue weighted by Gasteiger charge is 2.14. The molecule has 0 aliphatic carbocycles. The molecule has 1 aromatic heterocycles. The molecule has 0 aliphatic heterocycles.